The first kappa shape index (κ1) is 18.2. The molecule has 1 aromatic heterocycles. The van der Waals surface area contributed by atoms with Gasteiger partial charge in [-0.3, -0.25) is 4.79 Å². The number of benzene rings is 2. The molecule has 2 aromatic carbocycles. The van der Waals surface area contributed by atoms with Crippen molar-refractivity contribution in [3.63, 3.8) is 0 Å². The zero-order chi connectivity index (χ0) is 18.9. The number of sulfone groups is 1. The summed E-state index contributed by atoms with van der Waals surface area (Å²) in [6.45, 7) is 3.78. The maximum Gasteiger partial charge on any atom is 0.291 e. The number of carbonyl (C=O) groups is 1. The molecule has 0 saturated carbocycles. The second kappa shape index (κ2) is 6.97. The average Bonchev–Trinajstić information content (AvgIpc) is 3.09. The van der Waals surface area contributed by atoms with Crippen LogP contribution in [-0.2, 0) is 9.84 Å². The van der Waals surface area contributed by atoms with Gasteiger partial charge in [-0.1, -0.05) is 23.7 Å². The van der Waals surface area contributed by atoms with Crippen molar-refractivity contribution < 1.29 is 17.6 Å². The molecule has 0 spiro atoms. The van der Waals surface area contributed by atoms with Gasteiger partial charge in [0.15, 0.2) is 5.76 Å². The Balaban J connectivity index is 1.86. The van der Waals surface area contributed by atoms with E-state index in [2.05, 4.69) is 5.32 Å². The predicted octanol–water partition coefficient (Wildman–Crippen LogP) is 4.63. The van der Waals surface area contributed by atoms with Gasteiger partial charge in [-0.15, -0.1) is 0 Å². The molecule has 0 fully saturated rings. The summed E-state index contributed by atoms with van der Waals surface area (Å²) >= 11 is 5.78. The first-order chi connectivity index (χ1) is 12.3. The van der Waals surface area contributed by atoms with Gasteiger partial charge >= 0.3 is 0 Å². The molecule has 134 valence electrons. The normalized spacial score (nSPS) is 11.3. The van der Waals surface area contributed by atoms with Crippen LogP contribution in [0.2, 0.25) is 5.02 Å². The summed E-state index contributed by atoms with van der Waals surface area (Å²) in [6, 6.07) is 14.0. The van der Waals surface area contributed by atoms with Crippen LogP contribution in [0.3, 0.4) is 0 Å². The predicted molar refractivity (Wildman–Crippen MR) is 99.5 cm³/mol. The number of anilines is 1. The summed E-state index contributed by atoms with van der Waals surface area (Å²) in [6.07, 6.45) is 0. The van der Waals surface area contributed by atoms with Gasteiger partial charge in [-0.05, 0) is 67.4 Å². The second-order valence-electron chi connectivity index (χ2n) is 5.85. The fraction of sp³-hybridized carbons (Fsp3) is 0.105. The van der Waals surface area contributed by atoms with E-state index < -0.39 is 15.7 Å². The fourth-order valence-electron chi connectivity index (χ4n) is 2.37. The number of carbonyl (C=O) groups excluding carboxylic acids is 1. The largest absolute Gasteiger partial charge is 0.439 e. The third-order valence-electron chi connectivity index (χ3n) is 3.84. The van der Waals surface area contributed by atoms with E-state index in [1.807, 2.05) is 32.0 Å². The molecular formula is C19H16ClNO4S. The van der Waals surface area contributed by atoms with Crippen LogP contribution in [-0.4, -0.2) is 14.3 Å². The monoisotopic (exact) mass is 389 g/mol. The van der Waals surface area contributed by atoms with E-state index in [1.54, 1.807) is 0 Å². The smallest absolute Gasteiger partial charge is 0.291 e. The van der Waals surface area contributed by atoms with E-state index in [0.29, 0.717) is 10.7 Å². The molecule has 0 saturated heterocycles. The highest BCUT2D eigenvalue weighted by atomic mass is 35.5. The van der Waals surface area contributed by atoms with E-state index in [1.165, 1.54) is 36.4 Å². The maximum atomic E-state index is 12.6. The Hall–Kier alpha value is -2.57. The van der Waals surface area contributed by atoms with Crippen LogP contribution >= 0.6 is 11.6 Å². The topological polar surface area (TPSA) is 76.4 Å². The zero-order valence-corrected chi connectivity index (χ0v) is 15.7. The molecule has 1 heterocycles. The maximum absolute atomic E-state index is 12.6. The Kier molecular flexibility index (Phi) is 4.89. The van der Waals surface area contributed by atoms with E-state index in [4.69, 9.17) is 16.0 Å². The molecule has 0 atom stereocenters. The molecule has 3 rings (SSSR count). The molecule has 1 N–H and O–H groups in total. The van der Waals surface area contributed by atoms with Gasteiger partial charge in [0.1, 0.15) is 0 Å². The summed E-state index contributed by atoms with van der Waals surface area (Å²) in [4.78, 5) is 12.4. The molecule has 0 radical (unpaired) electrons. The van der Waals surface area contributed by atoms with E-state index in [0.717, 1.165) is 11.1 Å². The standard InChI is InChI=1S/C19H16ClNO4S/c1-12-3-4-13(2)16(11-12)21-19(22)17-9-10-18(25-17)26(23,24)15-7-5-14(20)6-8-15/h3-11H,1-2H3,(H,21,22). The van der Waals surface area contributed by atoms with Gasteiger partial charge in [0, 0.05) is 10.7 Å². The summed E-state index contributed by atoms with van der Waals surface area (Å²) in [7, 11) is -3.86. The van der Waals surface area contributed by atoms with Crippen LogP contribution in [0.1, 0.15) is 21.7 Å². The minimum absolute atomic E-state index is 0.0396. The van der Waals surface area contributed by atoms with Gasteiger partial charge in [0.25, 0.3) is 5.91 Å². The molecule has 7 heteroatoms. The number of halogens is 1. The number of amides is 1. The molecule has 0 bridgehead atoms. The van der Waals surface area contributed by atoms with Crippen LogP contribution < -0.4 is 5.32 Å². The van der Waals surface area contributed by atoms with Crippen molar-refractivity contribution in [3.05, 3.63) is 76.5 Å². The zero-order valence-electron chi connectivity index (χ0n) is 14.1. The lowest BCUT2D eigenvalue weighted by Gasteiger charge is -2.08. The molecule has 0 unspecified atom stereocenters. The molecule has 3 aromatic rings. The number of furan rings is 1. The third kappa shape index (κ3) is 3.66. The highest BCUT2D eigenvalue weighted by Crippen LogP contribution is 2.25. The van der Waals surface area contributed by atoms with Crippen LogP contribution in [0.15, 0.2) is 69.0 Å². The van der Waals surface area contributed by atoms with Crippen LogP contribution in [0.5, 0.6) is 0 Å². The molecule has 26 heavy (non-hydrogen) atoms. The lowest BCUT2D eigenvalue weighted by Crippen LogP contribution is -2.12. The number of hydrogen-bond donors (Lipinski definition) is 1. The SMILES string of the molecule is Cc1ccc(C)c(NC(=O)c2ccc(S(=O)(=O)c3ccc(Cl)cc3)o2)c1. The molecular weight excluding hydrogens is 374 g/mol. The minimum Gasteiger partial charge on any atom is -0.439 e. The lowest BCUT2D eigenvalue weighted by atomic mass is 10.1. The van der Waals surface area contributed by atoms with Crippen LogP contribution in [0.25, 0.3) is 0 Å². The summed E-state index contributed by atoms with van der Waals surface area (Å²) in [5.74, 6) is -0.602. The molecule has 0 aliphatic rings. The average molecular weight is 390 g/mol. The number of aryl methyl sites for hydroxylation is 2. The Labute approximate surface area is 156 Å². The first-order valence-electron chi connectivity index (χ1n) is 7.76. The van der Waals surface area contributed by atoms with Gasteiger partial charge < -0.3 is 9.73 Å². The summed E-state index contributed by atoms with van der Waals surface area (Å²) in [5.41, 5.74) is 2.54. The molecule has 0 aliphatic carbocycles. The van der Waals surface area contributed by atoms with Crippen LogP contribution in [0, 0.1) is 13.8 Å². The first-order valence-corrected chi connectivity index (χ1v) is 9.62. The number of nitrogens with one attached hydrogen (secondary N) is 1. The van der Waals surface area contributed by atoms with Gasteiger partial charge in [0.05, 0.1) is 4.90 Å². The van der Waals surface area contributed by atoms with E-state index in [9.17, 15) is 13.2 Å². The van der Waals surface area contributed by atoms with Crippen molar-refractivity contribution in [2.75, 3.05) is 5.32 Å². The van der Waals surface area contributed by atoms with E-state index in [-0.39, 0.29) is 15.7 Å². The highest BCUT2D eigenvalue weighted by molar-refractivity contribution is 7.91. The van der Waals surface area contributed by atoms with Gasteiger partial charge in [-0.2, -0.15) is 0 Å². The van der Waals surface area contributed by atoms with E-state index >= 15 is 0 Å². The quantitative estimate of drug-likeness (QED) is 0.705. The third-order valence-corrected chi connectivity index (χ3v) is 5.73. The minimum atomic E-state index is -3.86. The molecule has 0 aliphatic heterocycles. The van der Waals surface area contributed by atoms with Crippen molar-refractivity contribution in [3.8, 4) is 0 Å². The highest BCUT2D eigenvalue weighted by Gasteiger charge is 2.23. The van der Waals surface area contributed by atoms with Gasteiger partial charge in [-0.25, -0.2) is 8.42 Å². The summed E-state index contributed by atoms with van der Waals surface area (Å²) in [5, 5.41) is 2.86. The fourth-order valence-corrected chi connectivity index (χ4v) is 3.67. The van der Waals surface area contributed by atoms with Crippen LogP contribution in [0.4, 0.5) is 5.69 Å². The Morgan fingerprint density at radius 2 is 1.69 bits per heavy atom. The van der Waals surface area contributed by atoms with Crippen molar-refractivity contribution in [2.45, 2.75) is 23.8 Å². The number of hydrogen-bond acceptors (Lipinski definition) is 4. The Bertz CT molecular complexity index is 1070. The van der Waals surface area contributed by atoms with Crippen molar-refractivity contribution in [1.29, 1.82) is 0 Å². The summed E-state index contributed by atoms with van der Waals surface area (Å²) < 4.78 is 30.4. The second-order valence-corrected chi connectivity index (χ2v) is 8.17. The molecule has 1 amide bonds. The lowest BCUT2D eigenvalue weighted by molar-refractivity contribution is 0.0991. The van der Waals surface area contributed by atoms with Crippen molar-refractivity contribution >= 4 is 33.0 Å². The molecule has 5 nitrogen and oxygen atoms in total. The Morgan fingerprint density at radius 3 is 2.38 bits per heavy atom. The van der Waals surface area contributed by atoms with Crippen molar-refractivity contribution in [2.24, 2.45) is 0 Å². The van der Waals surface area contributed by atoms with Crippen molar-refractivity contribution in [1.82, 2.24) is 0 Å². The number of rotatable bonds is 4. The Morgan fingerprint density at radius 1 is 1.00 bits per heavy atom. The van der Waals surface area contributed by atoms with Gasteiger partial charge in [0.2, 0.25) is 14.9 Å².